The number of rotatable bonds is 10. The third-order valence-corrected chi connectivity index (χ3v) is 8.17. The highest BCUT2D eigenvalue weighted by molar-refractivity contribution is 5.73. The molecule has 4 unspecified atom stereocenters. The molecular formula is C24H40O22. The van der Waals surface area contributed by atoms with Gasteiger partial charge in [0.15, 0.2) is 31.3 Å². The Morgan fingerprint density at radius 2 is 0.870 bits per heavy atom. The number of carboxylic acid groups (broad SMARTS) is 1. The van der Waals surface area contributed by atoms with E-state index < -0.39 is 149 Å². The SMILES string of the molecule is O=C(O)[C@H]1OC(O[C@@H]2[C@H](O)[C@@H](O)C(O[C@@H]3[C@H](O)[C@@H](O)C(O[C@H]4[C@@H](O)[C@@H](CO)OC(O)[C@@H]4O)O[C@@H]3CO)O[C@@H]2CO)[C@H](O)[C@@H](O)[C@H]1O. The maximum atomic E-state index is 11.4. The summed E-state index contributed by atoms with van der Waals surface area (Å²) in [6, 6.07) is 0. The zero-order valence-corrected chi connectivity index (χ0v) is 23.7. The number of carboxylic acids is 1. The van der Waals surface area contributed by atoms with Gasteiger partial charge >= 0.3 is 5.97 Å². The first kappa shape index (κ1) is 37.5. The van der Waals surface area contributed by atoms with Gasteiger partial charge in [-0.05, 0) is 0 Å². The van der Waals surface area contributed by atoms with Crippen molar-refractivity contribution in [2.45, 2.75) is 123 Å². The lowest BCUT2D eigenvalue weighted by atomic mass is 9.95. The first-order valence-corrected chi connectivity index (χ1v) is 14.1. The van der Waals surface area contributed by atoms with E-state index in [0.29, 0.717) is 0 Å². The van der Waals surface area contributed by atoms with E-state index in [1.807, 2.05) is 0 Å². The standard InChI is InChI=1S/C24H40O22/c25-1-4-7(28)18(15(36)21(39)40-4)45-23-14(35)11(32)16(5(2-26)42-23)43-22-13(34)10(31)17(6(3-27)41-22)44-24-12(33)8(29)9(30)19(46-24)20(37)38/h4-19,21-36,39H,1-3H2,(H,37,38)/t4-,5-,6-,7+,8+,9-,10-,11-,12-,13-,14-,15-,16+,17+,18+,19+,21?,22?,23?,24?/m1/s1. The number of carbonyl (C=O) groups is 1. The van der Waals surface area contributed by atoms with Crippen molar-refractivity contribution in [1.82, 2.24) is 0 Å². The molecule has 0 saturated carbocycles. The van der Waals surface area contributed by atoms with Crippen LogP contribution in [0.3, 0.4) is 0 Å². The van der Waals surface area contributed by atoms with E-state index in [4.69, 9.17) is 33.2 Å². The quantitative estimate of drug-likeness (QED) is 0.102. The molecule has 0 aromatic heterocycles. The monoisotopic (exact) mass is 680 g/mol. The van der Waals surface area contributed by atoms with E-state index in [0.717, 1.165) is 0 Å². The summed E-state index contributed by atoms with van der Waals surface area (Å²) in [6.07, 6.45) is -37.8. The van der Waals surface area contributed by atoms with Crippen LogP contribution in [0.5, 0.6) is 0 Å². The molecule has 22 nitrogen and oxygen atoms in total. The van der Waals surface area contributed by atoms with E-state index in [-0.39, 0.29) is 0 Å². The van der Waals surface area contributed by atoms with Crippen LogP contribution in [0.15, 0.2) is 0 Å². The molecule has 0 aromatic rings. The maximum absolute atomic E-state index is 11.4. The molecule has 22 heteroatoms. The molecular weight excluding hydrogens is 640 g/mol. The minimum atomic E-state index is -2.10. The molecule has 4 saturated heterocycles. The second kappa shape index (κ2) is 15.5. The Hall–Kier alpha value is -1.33. The van der Waals surface area contributed by atoms with Crippen LogP contribution in [0.25, 0.3) is 0 Å². The molecule has 20 atom stereocenters. The van der Waals surface area contributed by atoms with E-state index in [1.165, 1.54) is 0 Å². The minimum absolute atomic E-state index is 0.796. The van der Waals surface area contributed by atoms with Crippen LogP contribution in [0.2, 0.25) is 0 Å². The Bertz CT molecular complexity index is 988. The van der Waals surface area contributed by atoms with E-state index in [1.54, 1.807) is 0 Å². The van der Waals surface area contributed by atoms with E-state index in [9.17, 15) is 76.3 Å². The van der Waals surface area contributed by atoms with Crippen molar-refractivity contribution in [3.05, 3.63) is 0 Å². The van der Waals surface area contributed by atoms with Crippen LogP contribution in [-0.4, -0.2) is 220 Å². The fourth-order valence-electron chi connectivity index (χ4n) is 5.52. The van der Waals surface area contributed by atoms with Gasteiger partial charge in [0.05, 0.1) is 19.8 Å². The summed E-state index contributed by atoms with van der Waals surface area (Å²) in [5, 5.41) is 142. The van der Waals surface area contributed by atoms with Crippen LogP contribution in [0, 0.1) is 0 Å². The summed E-state index contributed by atoms with van der Waals surface area (Å²) in [5.41, 5.74) is 0. The van der Waals surface area contributed by atoms with Gasteiger partial charge < -0.3 is 105 Å². The maximum Gasteiger partial charge on any atom is 0.335 e. The van der Waals surface area contributed by atoms with Gasteiger partial charge in [0.25, 0.3) is 0 Å². The predicted molar refractivity (Wildman–Crippen MR) is 134 cm³/mol. The largest absolute Gasteiger partial charge is 0.479 e. The average Bonchev–Trinajstić information content (AvgIpc) is 3.03. The highest BCUT2D eigenvalue weighted by Crippen LogP contribution is 2.34. The topological polar surface area (TPSA) is 365 Å². The zero-order valence-electron chi connectivity index (χ0n) is 23.7. The summed E-state index contributed by atoms with van der Waals surface area (Å²) >= 11 is 0. The molecule has 0 aliphatic carbocycles. The third kappa shape index (κ3) is 7.31. The summed E-state index contributed by atoms with van der Waals surface area (Å²) in [5.74, 6) is -1.73. The molecule has 268 valence electrons. The van der Waals surface area contributed by atoms with Crippen LogP contribution in [0.4, 0.5) is 0 Å². The molecule has 0 amide bonds. The lowest BCUT2D eigenvalue weighted by molar-refractivity contribution is -0.387. The number of aliphatic hydroxyl groups excluding tert-OH is 13. The van der Waals surface area contributed by atoms with Crippen LogP contribution in [0.1, 0.15) is 0 Å². The molecule has 4 aliphatic rings. The van der Waals surface area contributed by atoms with Gasteiger partial charge in [0.1, 0.15) is 91.6 Å². The predicted octanol–water partition coefficient (Wildman–Crippen LogP) is -9.66. The fourth-order valence-corrected chi connectivity index (χ4v) is 5.52. The molecule has 4 heterocycles. The Balaban J connectivity index is 1.44. The zero-order chi connectivity index (χ0) is 34.2. The molecule has 0 radical (unpaired) electrons. The Morgan fingerprint density at radius 1 is 0.457 bits per heavy atom. The fraction of sp³-hybridized carbons (Fsp3) is 0.958. The number of aliphatic hydroxyl groups is 13. The van der Waals surface area contributed by atoms with Crippen molar-refractivity contribution < 1.29 is 109 Å². The highest BCUT2D eigenvalue weighted by atomic mass is 16.8. The number of hydrogen-bond acceptors (Lipinski definition) is 21. The average molecular weight is 681 g/mol. The van der Waals surface area contributed by atoms with Gasteiger partial charge in [-0.25, -0.2) is 4.79 Å². The molecule has 4 rings (SSSR count). The van der Waals surface area contributed by atoms with Crippen molar-refractivity contribution in [3.63, 3.8) is 0 Å². The molecule has 4 aliphatic heterocycles. The number of aliphatic carboxylic acids is 1. The van der Waals surface area contributed by atoms with Crippen molar-refractivity contribution in [2.75, 3.05) is 19.8 Å². The van der Waals surface area contributed by atoms with Crippen molar-refractivity contribution in [3.8, 4) is 0 Å². The van der Waals surface area contributed by atoms with Gasteiger partial charge in [-0.2, -0.15) is 0 Å². The molecule has 4 fully saturated rings. The van der Waals surface area contributed by atoms with Gasteiger partial charge in [-0.3, -0.25) is 0 Å². The highest BCUT2D eigenvalue weighted by Gasteiger charge is 2.55. The Morgan fingerprint density at radius 3 is 1.30 bits per heavy atom. The van der Waals surface area contributed by atoms with Crippen LogP contribution in [-0.2, 0) is 38.0 Å². The summed E-state index contributed by atoms with van der Waals surface area (Å²) in [4.78, 5) is 11.4. The normalized spacial score (nSPS) is 51.9. The second-order valence-corrected chi connectivity index (χ2v) is 11.2. The molecule has 0 spiro atoms. The van der Waals surface area contributed by atoms with Crippen LogP contribution >= 0.6 is 0 Å². The van der Waals surface area contributed by atoms with Crippen molar-refractivity contribution >= 4 is 5.97 Å². The summed E-state index contributed by atoms with van der Waals surface area (Å²) in [6.45, 7) is -2.70. The molecule has 14 N–H and O–H groups in total. The number of hydrogen-bond donors (Lipinski definition) is 14. The first-order valence-electron chi connectivity index (χ1n) is 14.1. The lowest BCUT2D eigenvalue weighted by Gasteiger charge is -2.48. The second-order valence-electron chi connectivity index (χ2n) is 11.2. The van der Waals surface area contributed by atoms with Gasteiger partial charge in [-0.1, -0.05) is 0 Å². The van der Waals surface area contributed by atoms with E-state index >= 15 is 0 Å². The molecule has 46 heavy (non-hydrogen) atoms. The molecule has 0 bridgehead atoms. The molecule has 0 aromatic carbocycles. The van der Waals surface area contributed by atoms with Crippen molar-refractivity contribution in [2.24, 2.45) is 0 Å². The Kier molecular flexibility index (Phi) is 12.6. The minimum Gasteiger partial charge on any atom is -0.479 e. The summed E-state index contributed by atoms with van der Waals surface area (Å²) in [7, 11) is 0. The van der Waals surface area contributed by atoms with Crippen LogP contribution < -0.4 is 0 Å². The summed E-state index contributed by atoms with van der Waals surface area (Å²) < 4.78 is 37.0. The third-order valence-electron chi connectivity index (χ3n) is 8.17. The Labute approximate surface area is 258 Å². The smallest absolute Gasteiger partial charge is 0.335 e. The lowest BCUT2D eigenvalue weighted by Crippen LogP contribution is -2.67. The van der Waals surface area contributed by atoms with E-state index in [2.05, 4.69) is 0 Å². The van der Waals surface area contributed by atoms with Crippen molar-refractivity contribution in [1.29, 1.82) is 0 Å². The number of ether oxygens (including phenoxy) is 7. The first-order chi connectivity index (χ1) is 21.7. The van der Waals surface area contributed by atoms with Gasteiger partial charge in [0, 0.05) is 0 Å². The van der Waals surface area contributed by atoms with Gasteiger partial charge in [0.2, 0.25) is 0 Å². The van der Waals surface area contributed by atoms with Gasteiger partial charge in [-0.15, -0.1) is 0 Å².